The second-order valence-corrected chi connectivity index (χ2v) is 5.09. The van der Waals surface area contributed by atoms with E-state index in [9.17, 15) is 9.36 Å². The van der Waals surface area contributed by atoms with Crippen LogP contribution >= 0.6 is 8.18 Å². The highest BCUT2D eigenvalue weighted by Gasteiger charge is 2.28. The molecule has 0 amide bonds. The Balaban J connectivity index is 2.23. The molecular weight excluding hydrogens is 259 g/mol. The fourth-order valence-electron chi connectivity index (χ4n) is 2.05. The number of anilines is 1. The van der Waals surface area contributed by atoms with Gasteiger partial charge in [-0.05, 0) is 17.9 Å². The lowest BCUT2D eigenvalue weighted by Crippen LogP contribution is -2.33. The van der Waals surface area contributed by atoms with Crippen LogP contribution in [-0.4, -0.2) is 38.1 Å². The standard InChI is InChI=1S/C9H13N4O4P/c1-5-2-6(3-10-18(16)17)13-4-7(8(14)15)12-9(13)11-5/h4-6H,2-3H2,1H3,(H3-,10,11,12,14,15,16,17)/p+1. The van der Waals surface area contributed by atoms with Gasteiger partial charge in [-0.15, -0.1) is 4.89 Å². The van der Waals surface area contributed by atoms with Gasteiger partial charge in [0, 0.05) is 12.2 Å². The van der Waals surface area contributed by atoms with Crippen LogP contribution in [0.25, 0.3) is 0 Å². The number of carbonyl (C=O) groups is 1. The second-order valence-electron chi connectivity index (χ2n) is 4.23. The fourth-order valence-corrected chi connectivity index (χ4v) is 2.41. The molecule has 0 fully saturated rings. The van der Waals surface area contributed by atoms with E-state index in [0.29, 0.717) is 12.5 Å². The summed E-state index contributed by atoms with van der Waals surface area (Å²) in [5, 5.41) is 14.4. The maximum absolute atomic E-state index is 10.9. The molecule has 0 saturated heterocycles. The van der Waals surface area contributed by atoms with Crippen LogP contribution in [0.1, 0.15) is 29.9 Å². The Bertz CT molecular complexity index is 489. The Kier molecular flexibility index (Phi) is 3.60. The molecule has 0 aromatic carbocycles. The molecule has 0 spiro atoms. The highest BCUT2D eigenvalue weighted by molar-refractivity contribution is 7.35. The van der Waals surface area contributed by atoms with Crippen LogP contribution in [-0.2, 0) is 4.57 Å². The molecule has 0 bridgehead atoms. The number of aromatic nitrogens is 2. The summed E-state index contributed by atoms with van der Waals surface area (Å²) in [6, 6.07) is 0.0351. The Morgan fingerprint density at radius 2 is 2.50 bits per heavy atom. The second kappa shape index (κ2) is 5.01. The van der Waals surface area contributed by atoms with E-state index in [-0.39, 0.29) is 17.8 Å². The van der Waals surface area contributed by atoms with E-state index >= 15 is 0 Å². The number of nitrogens with one attached hydrogen (secondary N) is 2. The third-order valence-electron chi connectivity index (χ3n) is 2.81. The molecule has 2 heterocycles. The zero-order valence-electron chi connectivity index (χ0n) is 9.70. The average molecular weight is 273 g/mol. The van der Waals surface area contributed by atoms with Crippen molar-refractivity contribution in [1.82, 2.24) is 14.6 Å². The summed E-state index contributed by atoms with van der Waals surface area (Å²) in [4.78, 5) is 23.6. The minimum atomic E-state index is -2.40. The van der Waals surface area contributed by atoms with E-state index in [1.54, 1.807) is 4.57 Å². The van der Waals surface area contributed by atoms with Gasteiger partial charge in [0.25, 0.3) is 0 Å². The summed E-state index contributed by atoms with van der Waals surface area (Å²) in [6.45, 7) is 2.24. The number of carboxylic acid groups (broad SMARTS) is 1. The van der Waals surface area contributed by atoms with Crippen molar-refractivity contribution in [2.75, 3.05) is 11.9 Å². The third-order valence-corrected chi connectivity index (χ3v) is 3.26. The highest BCUT2D eigenvalue weighted by Crippen LogP contribution is 2.27. The molecule has 18 heavy (non-hydrogen) atoms. The Hall–Kier alpha value is -1.50. The summed E-state index contributed by atoms with van der Waals surface area (Å²) < 4.78 is 12.3. The Morgan fingerprint density at radius 1 is 1.78 bits per heavy atom. The molecule has 0 aliphatic carbocycles. The van der Waals surface area contributed by atoms with Gasteiger partial charge in [-0.1, -0.05) is 5.09 Å². The Morgan fingerprint density at radius 3 is 3.11 bits per heavy atom. The van der Waals surface area contributed by atoms with Crippen molar-refractivity contribution in [3.63, 3.8) is 0 Å². The van der Waals surface area contributed by atoms with Crippen LogP contribution in [0.4, 0.5) is 5.95 Å². The normalized spacial score (nSPS) is 23.1. The van der Waals surface area contributed by atoms with Gasteiger partial charge >= 0.3 is 14.1 Å². The number of fused-ring (bicyclic) bond motifs is 1. The van der Waals surface area contributed by atoms with Crippen molar-refractivity contribution >= 4 is 20.1 Å². The summed E-state index contributed by atoms with van der Waals surface area (Å²) >= 11 is 0. The first-order chi connectivity index (χ1) is 8.47. The van der Waals surface area contributed by atoms with Gasteiger partial charge in [0.05, 0.1) is 12.6 Å². The van der Waals surface area contributed by atoms with Crippen molar-refractivity contribution < 1.29 is 19.4 Å². The third kappa shape index (κ3) is 2.66. The number of hydrogen-bond acceptors (Lipinski definition) is 4. The van der Waals surface area contributed by atoms with Crippen molar-refractivity contribution in [2.24, 2.45) is 0 Å². The smallest absolute Gasteiger partial charge is 0.476 e. The predicted molar refractivity (Wildman–Crippen MR) is 63.8 cm³/mol. The predicted octanol–water partition coefficient (Wildman–Crippen LogP) is 0.566. The van der Waals surface area contributed by atoms with Gasteiger partial charge in [0.15, 0.2) is 5.69 Å². The number of nitrogens with zero attached hydrogens (tertiary/aromatic N) is 2. The fraction of sp³-hybridized carbons (Fsp3) is 0.556. The molecule has 0 radical (unpaired) electrons. The van der Waals surface area contributed by atoms with Gasteiger partial charge < -0.3 is 15.0 Å². The first-order valence-electron chi connectivity index (χ1n) is 5.45. The molecule has 9 heteroatoms. The number of carboxylic acids is 1. The molecule has 1 aromatic rings. The average Bonchev–Trinajstić information content (AvgIpc) is 2.69. The van der Waals surface area contributed by atoms with Gasteiger partial charge in [0.2, 0.25) is 5.95 Å². The minimum absolute atomic E-state index is 0.0370. The quantitative estimate of drug-likeness (QED) is 0.592. The van der Waals surface area contributed by atoms with E-state index in [1.165, 1.54) is 6.20 Å². The number of hydrogen-bond donors (Lipinski definition) is 4. The maximum atomic E-state index is 10.9. The van der Waals surface area contributed by atoms with Crippen molar-refractivity contribution in [3.8, 4) is 0 Å². The maximum Gasteiger partial charge on any atom is 0.610 e. The molecule has 0 saturated carbocycles. The van der Waals surface area contributed by atoms with Crippen LogP contribution in [0.3, 0.4) is 0 Å². The number of rotatable bonds is 4. The zero-order valence-corrected chi connectivity index (χ0v) is 10.6. The van der Waals surface area contributed by atoms with Crippen molar-refractivity contribution in [3.05, 3.63) is 11.9 Å². The largest absolute Gasteiger partial charge is 0.610 e. The summed E-state index contributed by atoms with van der Waals surface area (Å²) in [7, 11) is -2.40. The molecule has 1 aliphatic rings. The SMILES string of the molecule is CC1CC(CN[P+](=O)O)n2cc(C(=O)O)nc2N1. The van der Waals surface area contributed by atoms with E-state index in [2.05, 4.69) is 15.4 Å². The first kappa shape index (κ1) is 12.9. The molecule has 4 N–H and O–H groups in total. The lowest BCUT2D eigenvalue weighted by Gasteiger charge is -2.29. The molecule has 3 atom stereocenters. The summed E-state index contributed by atoms with van der Waals surface area (Å²) in [5.41, 5.74) is -0.0370. The molecule has 1 aromatic heterocycles. The van der Waals surface area contributed by atoms with E-state index < -0.39 is 14.1 Å². The van der Waals surface area contributed by atoms with Gasteiger partial charge in [-0.3, -0.25) is 0 Å². The van der Waals surface area contributed by atoms with Crippen LogP contribution < -0.4 is 10.4 Å². The van der Waals surface area contributed by atoms with Crippen molar-refractivity contribution in [2.45, 2.75) is 25.4 Å². The van der Waals surface area contributed by atoms with E-state index in [1.807, 2.05) is 6.92 Å². The van der Waals surface area contributed by atoms with Crippen LogP contribution in [0.2, 0.25) is 0 Å². The van der Waals surface area contributed by atoms with Crippen molar-refractivity contribution in [1.29, 1.82) is 0 Å². The zero-order chi connectivity index (χ0) is 13.3. The molecule has 1 aliphatic heterocycles. The molecule has 8 nitrogen and oxygen atoms in total. The lowest BCUT2D eigenvalue weighted by molar-refractivity contribution is 0.0691. The number of aromatic carboxylic acids is 1. The lowest BCUT2D eigenvalue weighted by atomic mass is 10.1. The van der Waals surface area contributed by atoms with Gasteiger partial charge in [0.1, 0.15) is 0 Å². The Labute approximate surface area is 104 Å². The molecule has 3 unspecified atom stereocenters. The van der Waals surface area contributed by atoms with E-state index in [4.69, 9.17) is 10.00 Å². The number of imidazole rings is 1. The minimum Gasteiger partial charge on any atom is -0.476 e. The van der Waals surface area contributed by atoms with Gasteiger partial charge in [-0.2, -0.15) is 0 Å². The topological polar surface area (TPSA) is 116 Å². The molecule has 98 valence electrons. The first-order valence-corrected chi connectivity index (χ1v) is 6.67. The molecular formula is C9H14N4O4P+. The highest BCUT2D eigenvalue weighted by atomic mass is 31.1. The molecule has 2 rings (SSSR count). The van der Waals surface area contributed by atoms with Crippen LogP contribution in [0, 0.1) is 0 Å². The van der Waals surface area contributed by atoms with E-state index in [0.717, 1.165) is 6.42 Å². The van der Waals surface area contributed by atoms with Gasteiger partial charge in [-0.25, -0.2) is 9.78 Å². The monoisotopic (exact) mass is 273 g/mol. The van der Waals surface area contributed by atoms with Crippen LogP contribution in [0.5, 0.6) is 0 Å². The summed E-state index contributed by atoms with van der Waals surface area (Å²) in [6.07, 6.45) is 2.16. The summed E-state index contributed by atoms with van der Waals surface area (Å²) in [5.74, 6) is -0.614. The van der Waals surface area contributed by atoms with Crippen LogP contribution in [0.15, 0.2) is 6.20 Å².